The van der Waals surface area contributed by atoms with E-state index in [1.54, 1.807) is 11.9 Å². The number of carboxylic acid groups (broad SMARTS) is 1. The molecule has 2 N–H and O–H groups in total. The van der Waals surface area contributed by atoms with Crippen LogP contribution < -0.4 is 5.32 Å². The van der Waals surface area contributed by atoms with Gasteiger partial charge >= 0.3 is 12.0 Å². The Hall–Kier alpha value is -2.11. The lowest BCUT2D eigenvalue weighted by Crippen LogP contribution is -2.41. The highest BCUT2D eigenvalue weighted by Gasteiger charge is 2.24. The molecule has 1 aliphatic rings. The van der Waals surface area contributed by atoms with E-state index in [0.29, 0.717) is 0 Å². The number of carbonyl (C=O) groups is 2. The molecule has 1 aromatic carbocycles. The van der Waals surface area contributed by atoms with E-state index < -0.39 is 23.4 Å². The quantitative estimate of drug-likeness (QED) is 0.898. The number of urea groups is 1. The van der Waals surface area contributed by atoms with Gasteiger partial charge in [0.1, 0.15) is 11.4 Å². The van der Waals surface area contributed by atoms with Crippen molar-refractivity contribution in [1.82, 2.24) is 4.90 Å². The molecular formula is C15H19FN2O3. The summed E-state index contributed by atoms with van der Waals surface area (Å²) in [6.07, 6.45) is 5.24. The smallest absolute Gasteiger partial charge is 0.340 e. The molecule has 114 valence electrons. The Morgan fingerprint density at radius 3 is 2.57 bits per heavy atom. The molecule has 0 radical (unpaired) electrons. The summed E-state index contributed by atoms with van der Waals surface area (Å²) >= 11 is 0. The number of carbonyl (C=O) groups excluding carboxylic acids is 1. The second-order valence-corrected chi connectivity index (χ2v) is 5.30. The van der Waals surface area contributed by atoms with Crippen LogP contribution in [0, 0.1) is 5.82 Å². The Morgan fingerprint density at radius 2 is 1.95 bits per heavy atom. The minimum atomic E-state index is -1.40. The second-order valence-electron chi connectivity index (χ2n) is 5.30. The third-order valence-electron chi connectivity index (χ3n) is 3.91. The van der Waals surface area contributed by atoms with Crippen molar-refractivity contribution in [2.24, 2.45) is 0 Å². The van der Waals surface area contributed by atoms with Crippen molar-refractivity contribution in [1.29, 1.82) is 0 Å². The number of nitrogens with zero attached hydrogens (tertiary/aromatic N) is 1. The Kier molecular flexibility index (Phi) is 4.77. The van der Waals surface area contributed by atoms with Crippen LogP contribution in [-0.2, 0) is 0 Å². The van der Waals surface area contributed by atoms with Crippen LogP contribution >= 0.6 is 0 Å². The van der Waals surface area contributed by atoms with Gasteiger partial charge in [0.25, 0.3) is 0 Å². The van der Waals surface area contributed by atoms with E-state index in [2.05, 4.69) is 5.32 Å². The van der Waals surface area contributed by atoms with E-state index in [1.165, 1.54) is 18.6 Å². The predicted octanol–water partition coefficient (Wildman–Crippen LogP) is 3.32. The zero-order valence-electron chi connectivity index (χ0n) is 11.9. The molecule has 0 heterocycles. The van der Waals surface area contributed by atoms with Gasteiger partial charge in [-0.15, -0.1) is 0 Å². The van der Waals surface area contributed by atoms with Gasteiger partial charge in [-0.1, -0.05) is 25.3 Å². The molecular weight excluding hydrogens is 275 g/mol. The average Bonchev–Trinajstić information content (AvgIpc) is 2.47. The Morgan fingerprint density at radius 1 is 1.29 bits per heavy atom. The van der Waals surface area contributed by atoms with Crippen molar-refractivity contribution >= 4 is 17.7 Å². The van der Waals surface area contributed by atoms with Gasteiger partial charge in [0.15, 0.2) is 0 Å². The van der Waals surface area contributed by atoms with E-state index in [4.69, 9.17) is 5.11 Å². The van der Waals surface area contributed by atoms with Crippen molar-refractivity contribution in [3.63, 3.8) is 0 Å². The number of aromatic carboxylic acids is 1. The fourth-order valence-corrected chi connectivity index (χ4v) is 2.68. The molecule has 0 aromatic heterocycles. The molecule has 5 nitrogen and oxygen atoms in total. The standard InChI is InChI=1S/C15H19FN2O3/c1-18(10-6-3-2-4-7-10)15(21)17-12-9-5-8-11(16)13(12)14(19)20/h5,8-10H,2-4,6-7H2,1H3,(H,17,21)(H,19,20). The van der Waals surface area contributed by atoms with Crippen molar-refractivity contribution in [3.8, 4) is 0 Å². The lowest BCUT2D eigenvalue weighted by Gasteiger charge is -2.31. The van der Waals surface area contributed by atoms with Gasteiger partial charge in [-0.3, -0.25) is 0 Å². The summed E-state index contributed by atoms with van der Waals surface area (Å²) in [5, 5.41) is 11.5. The summed E-state index contributed by atoms with van der Waals surface area (Å²) < 4.78 is 13.6. The Labute approximate surface area is 122 Å². The van der Waals surface area contributed by atoms with Crippen LogP contribution in [0.5, 0.6) is 0 Å². The third-order valence-corrected chi connectivity index (χ3v) is 3.91. The molecule has 1 aliphatic carbocycles. The van der Waals surface area contributed by atoms with Crippen LogP contribution in [0.15, 0.2) is 18.2 Å². The maximum Gasteiger partial charge on any atom is 0.340 e. The number of carboxylic acids is 1. The molecule has 1 aromatic rings. The first-order valence-corrected chi connectivity index (χ1v) is 7.06. The molecule has 0 unspecified atom stereocenters. The van der Waals surface area contributed by atoms with Crippen LogP contribution in [0.2, 0.25) is 0 Å². The van der Waals surface area contributed by atoms with Gasteiger partial charge in [0.2, 0.25) is 0 Å². The van der Waals surface area contributed by atoms with Gasteiger partial charge in [-0.05, 0) is 25.0 Å². The van der Waals surface area contributed by atoms with Crippen LogP contribution in [0.1, 0.15) is 42.5 Å². The highest BCUT2D eigenvalue weighted by atomic mass is 19.1. The first kappa shape index (κ1) is 15.3. The summed E-state index contributed by atoms with van der Waals surface area (Å²) in [6.45, 7) is 0. The van der Waals surface area contributed by atoms with Crippen molar-refractivity contribution in [2.75, 3.05) is 12.4 Å². The maximum absolute atomic E-state index is 13.6. The highest BCUT2D eigenvalue weighted by molar-refractivity contribution is 6.00. The topological polar surface area (TPSA) is 69.6 Å². The van der Waals surface area contributed by atoms with Crippen molar-refractivity contribution in [2.45, 2.75) is 38.1 Å². The van der Waals surface area contributed by atoms with Gasteiger partial charge in [0, 0.05) is 13.1 Å². The van der Waals surface area contributed by atoms with Gasteiger partial charge in [-0.25, -0.2) is 14.0 Å². The summed E-state index contributed by atoms with van der Waals surface area (Å²) in [5.41, 5.74) is -0.530. The SMILES string of the molecule is CN(C(=O)Nc1cccc(F)c1C(=O)O)C1CCCCC1. The fourth-order valence-electron chi connectivity index (χ4n) is 2.68. The number of hydrogen-bond acceptors (Lipinski definition) is 2. The van der Waals surface area contributed by atoms with Gasteiger partial charge in [0.05, 0.1) is 5.69 Å². The Balaban J connectivity index is 2.12. The fraction of sp³-hybridized carbons (Fsp3) is 0.467. The molecule has 1 fully saturated rings. The first-order chi connectivity index (χ1) is 10.0. The number of halogens is 1. The number of nitrogens with one attached hydrogen (secondary N) is 1. The number of benzene rings is 1. The number of amides is 2. The molecule has 0 spiro atoms. The highest BCUT2D eigenvalue weighted by Crippen LogP contribution is 2.23. The van der Waals surface area contributed by atoms with Gasteiger partial charge in [-0.2, -0.15) is 0 Å². The maximum atomic E-state index is 13.6. The van der Waals surface area contributed by atoms with Crippen molar-refractivity contribution < 1.29 is 19.1 Å². The van der Waals surface area contributed by atoms with Crippen LogP contribution in [0.25, 0.3) is 0 Å². The van der Waals surface area contributed by atoms with E-state index in [9.17, 15) is 14.0 Å². The summed E-state index contributed by atoms with van der Waals surface area (Å²) in [5.74, 6) is -2.26. The number of hydrogen-bond donors (Lipinski definition) is 2. The first-order valence-electron chi connectivity index (χ1n) is 7.06. The Bertz CT molecular complexity index is 542. The van der Waals surface area contributed by atoms with Crippen molar-refractivity contribution in [3.05, 3.63) is 29.6 Å². The molecule has 0 saturated heterocycles. The van der Waals surface area contributed by atoms with E-state index in [0.717, 1.165) is 31.7 Å². The lowest BCUT2D eigenvalue weighted by molar-refractivity contribution is 0.0693. The zero-order valence-corrected chi connectivity index (χ0v) is 11.9. The second kappa shape index (κ2) is 6.56. The normalized spacial score (nSPS) is 15.5. The summed E-state index contributed by atoms with van der Waals surface area (Å²) in [7, 11) is 1.69. The number of rotatable bonds is 3. The summed E-state index contributed by atoms with van der Waals surface area (Å²) in [4.78, 5) is 24.9. The van der Waals surface area contributed by atoms with Gasteiger partial charge < -0.3 is 15.3 Å². The molecule has 1 saturated carbocycles. The predicted molar refractivity (Wildman–Crippen MR) is 77.0 cm³/mol. The largest absolute Gasteiger partial charge is 0.478 e. The number of anilines is 1. The molecule has 6 heteroatoms. The molecule has 21 heavy (non-hydrogen) atoms. The molecule has 0 aliphatic heterocycles. The van der Waals surface area contributed by atoms with Crippen LogP contribution in [-0.4, -0.2) is 35.1 Å². The molecule has 0 atom stereocenters. The van der Waals surface area contributed by atoms with E-state index in [1.807, 2.05) is 0 Å². The minimum absolute atomic E-state index is 0.0184. The zero-order chi connectivity index (χ0) is 15.4. The van der Waals surface area contributed by atoms with E-state index in [-0.39, 0.29) is 11.7 Å². The molecule has 2 amide bonds. The third kappa shape index (κ3) is 3.51. The summed E-state index contributed by atoms with van der Waals surface area (Å²) in [6, 6.07) is 3.57. The minimum Gasteiger partial charge on any atom is -0.478 e. The molecule has 2 rings (SSSR count). The van der Waals surface area contributed by atoms with E-state index >= 15 is 0 Å². The van der Waals surface area contributed by atoms with Crippen LogP contribution in [0.3, 0.4) is 0 Å². The lowest BCUT2D eigenvalue weighted by atomic mass is 9.95. The monoisotopic (exact) mass is 294 g/mol. The molecule has 0 bridgehead atoms. The average molecular weight is 294 g/mol. The van der Waals surface area contributed by atoms with Crippen LogP contribution in [0.4, 0.5) is 14.9 Å².